The van der Waals surface area contributed by atoms with Crippen molar-refractivity contribution in [3.63, 3.8) is 0 Å². The zero-order valence-electron chi connectivity index (χ0n) is 15.5. The van der Waals surface area contributed by atoms with Gasteiger partial charge in [0.15, 0.2) is 11.5 Å². The molecule has 2 aromatic rings. The molecular formula is C21H25N3O3. The predicted octanol–water partition coefficient (Wildman–Crippen LogP) is 2.13. The fraction of sp³-hybridized carbons (Fsp3) is 0.429. The van der Waals surface area contributed by atoms with E-state index in [-0.39, 0.29) is 5.91 Å². The van der Waals surface area contributed by atoms with Gasteiger partial charge >= 0.3 is 0 Å². The van der Waals surface area contributed by atoms with Crippen LogP contribution in [0.3, 0.4) is 0 Å². The number of fused-ring (bicyclic) bond motifs is 1. The van der Waals surface area contributed by atoms with E-state index in [4.69, 9.17) is 9.47 Å². The van der Waals surface area contributed by atoms with Gasteiger partial charge in [0.05, 0.1) is 6.42 Å². The Morgan fingerprint density at radius 3 is 2.74 bits per heavy atom. The summed E-state index contributed by atoms with van der Waals surface area (Å²) in [7, 11) is 0. The maximum absolute atomic E-state index is 12.6. The monoisotopic (exact) mass is 367 g/mol. The Balaban J connectivity index is 1.32. The number of hydrogen-bond acceptors (Lipinski definition) is 5. The van der Waals surface area contributed by atoms with E-state index in [1.54, 1.807) is 12.4 Å². The first-order valence-electron chi connectivity index (χ1n) is 9.55. The van der Waals surface area contributed by atoms with Crippen LogP contribution in [0.4, 0.5) is 0 Å². The number of nitrogens with zero attached hydrogens (tertiary/aromatic N) is 3. The quantitative estimate of drug-likeness (QED) is 0.829. The summed E-state index contributed by atoms with van der Waals surface area (Å²) in [5, 5.41) is 0. The van der Waals surface area contributed by atoms with Gasteiger partial charge in [0.2, 0.25) is 5.91 Å². The van der Waals surface area contributed by atoms with E-state index in [1.165, 1.54) is 5.56 Å². The highest BCUT2D eigenvalue weighted by Crippen LogP contribution is 2.31. The smallest absolute Gasteiger partial charge is 0.227 e. The molecule has 0 saturated carbocycles. The molecule has 0 unspecified atom stereocenters. The molecule has 0 atom stereocenters. The molecule has 1 aromatic carbocycles. The fourth-order valence-corrected chi connectivity index (χ4v) is 3.61. The molecule has 0 N–H and O–H groups in total. The van der Waals surface area contributed by atoms with Gasteiger partial charge in [0.25, 0.3) is 0 Å². The van der Waals surface area contributed by atoms with Gasteiger partial charge in [-0.15, -0.1) is 0 Å². The van der Waals surface area contributed by atoms with Crippen LogP contribution in [-0.2, 0) is 17.8 Å². The highest BCUT2D eigenvalue weighted by atomic mass is 16.6. The minimum Gasteiger partial charge on any atom is -0.486 e. The molecular weight excluding hydrogens is 342 g/mol. The Morgan fingerprint density at radius 1 is 1.00 bits per heavy atom. The van der Waals surface area contributed by atoms with Gasteiger partial charge < -0.3 is 14.4 Å². The van der Waals surface area contributed by atoms with Crippen LogP contribution < -0.4 is 9.47 Å². The lowest BCUT2D eigenvalue weighted by atomic mass is 10.1. The molecule has 1 saturated heterocycles. The highest BCUT2D eigenvalue weighted by Gasteiger charge is 2.20. The fourth-order valence-electron chi connectivity index (χ4n) is 3.61. The van der Waals surface area contributed by atoms with Crippen LogP contribution in [0.15, 0.2) is 42.7 Å². The zero-order chi connectivity index (χ0) is 18.5. The number of hydrogen-bond donors (Lipinski definition) is 0. The topological polar surface area (TPSA) is 54.9 Å². The third-order valence-electron chi connectivity index (χ3n) is 5.03. The van der Waals surface area contributed by atoms with Crippen molar-refractivity contribution in [1.29, 1.82) is 0 Å². The van der Waals surface area contributed by atoms with Crippen LogP contribution in [0, 0.1) is 0 Å². The standard InChI is InChI=1S/C21H25N3O3/c25-21(14-17-3-1-6-22-15-17)24-8-2-7-23(9-10-24)16-18-4-5-19-20(13-18)27-12-11-26-19/h1,3-6,13,15H,2,7-12,14,16H2. The van der Waals surface area contributed by atoms with Crippen LogP contribution in [0.25, 0.3) is 0 Å². The number of amides is 1. The minimum atomic E-state index is 0.184. The summed E-state index contributed by atoms with van der Waals surface area (Å²) in [6, 6.07) is 10.00. The average molecular weight is 367 g/mol. The molecule has 0 radical (unpaired) electrons. The summed E-state index contributed by atoms with van der Waals surface area (Å²) in [6.07, 6.45) is 4.92. The first-order valence-corrected chi connectivity index (χ1v) is 9.55. The normalized spacial score (nSPS) is 17.4. The van der Waals surface area contributed by atoms with E-state index in [9.17, 15) is 4.79 Å². The maximum atomic E-state index is 12.6. The third kappa shape index (κ3) is 4.57. The molecule has 2 aliphatic rings. The van der Waals surface area contributed by atoms with Crippen molar-refractivity contribution in [3.05, 3.63) is 53.9 Å². The molecule has 6 nitrogen and oxygen atoms in total. The van der Waals surface area contributed by atoms with E-state index in [0.29, 0.717) is 19.6 Å². The van der Waals surface area contributed by atoms with Gasteiger partial charge in [-0.05, 0) is 35.7 Å². The second-order valence-electron chi connectivity index (χ2n) is 7.03. The number of aromatic nitrogens is 1. The van der Waals surface area contributed by atoms with Crippen LogP contribution in [0.5, 0.6) is 11.5 Å². The van der Waals surface area contributed by atoms with Gasteiger partial charge in [-0.1, -0.05) is 12.1 Å². The summed E-state index contributed by atoms with van der Waals surface area (Å²) >= 11 is 0. The SMILES string of the molecule is O=C(Cc1cccnc1)N1CCCN(Cc2ccc3c(c2)OCCO3)CC1. The molecule has 1 amide bonds. The van der Waals surface area contributed by atoms with E-state index in [0.717, 1.165) is 56.2 Å². The molecule has 1 aromatic heterocycles. The molecule has 142 valence electrons. The van der Waals surface area contributed by atoms with Crippen LogP contribution >= 0.6 is 0 Å². The maximum Gasteiger partial charge on any atom is 0.227 e. The van der Waals surface area contributed by atoms with Crippen molar-refractivity contribution in [3.8, 4) is 11.5 Å². The van der Waals surface area contributed by atoms with Gasteiger partial charge in [-0.25, -0.2) is 0 Å². The number of carbonyl (C=O) groups is 1. The summed E-state index contributed by atoms with van der Waals surface area (Å²) < 4.78 is 11.3. The number of pyridine rings is 1. The molecule has 1 fully saturated rings. The van der Waals surface area contributed by atoms with Crippen molar-refractivity contribution in [2.45, 2.75) is 19.4 Å². The Morgan fingerprint density at radius 2 is 1.89 bits per heavy atom. The van der Waals surface area contributed by atoms with Crippen molar-refractivity contribution in [2.24, 2.45) is 0 Å². The average Bonchev–Trinajstić information content (AvgIpc) is 2.94. The lowest BCUT2D eigenvalue weighted by Crippen LogP contribution is -2.36. The molecule has 27 heavy (non-hydrogen) atoms. The van der Waals surface area contributed by atoms with E-state index in [2.05, 4.69) is 22.0 Å². The Labute approximate surface area is 159 Å². The lowest BCUT2D eigenvalue weighted by molar-refractivity contribution is -0.130. The second kappa shape index (κ2) is 8.39. The third-order valence-corrected chi connectivity index (χ3v) is 5.03. The van der Waals surface area contributed by atoms with E-state index in [1.807, 2.05) is 23.1 Å². The molecule has 0 bridgehead atoms. The number of carbonyl (C=O) groups excluding carboxylic acids is 1. The van der Waals surface area contributed by atoms with Gasteiger partial charge in [0, 0.05) is 45.1 Å². The number of ether oxygens (including phenoxy) is 2. The van der Waals surface area contributed by atoms with Gasteiger partial charge in [-0.2, -0.15) is 0 Å². The number of benzene rings is 1. The van der Waals surface area contributed by atoms with Crippen molar-refractivity contribution in [1.82, 2.24) is 14.8 Å². The van der Waals surface area contributed by atoms with Crippen molar-refractivity contribution in [2.75, 3.05) is 39.4 Å². The largest absolute Gasteiger partial charge is 0.486 e. The zero-order valence-corrected chi connectivity index (χ0v) is 15.5. The molecule has 3 heterocycles. The highest BCUT2D eigenvalue weighted by molar-refractivity contribution is 5.78. The Bertz CT molecular complexity index is 781. The molecule has 6 heteroatoms. The first kappa shape index (κ1) is 17.8. The summed E-state index contributed by atoms with van der Waals surface area (Å²) in [6.45, 7) is 5.54. The van der Waals surface area contributed by atoms with Crippen LogP contribution in [-0.4, -0.2) is 60.1 Å². The van der Waals surface area contributed by atoms with Crippen LogP contribution in [0.2, 0.25) is 0 Å². The van der Waals surface area contributed by atoms with Gasteiger partial charge in [-0.3, -0.25) is 14.7 Å². The van der Waals surface area contributed by atoms with Crippen LogP contribution in [0.1, 0.15) is 17.5 Å². The first-order chi connectivity index (χ1) is 13.3. The summed E-state index contributed by atoms with van der Waals surface area (Å²) in [5.41, 5.74) is 2.19. The molecule has 2 aliphatic heterocycles. The minimum absolute atomic E-state index is 0.184. The Kier molecular flexibility index (Phi) is 5.53. The van der Waals surface area contributed by atoms with Gasteiger partial charge in [0.1, 0.15) is 13.2 Å². The van der Waals surface area contributed by atoms with E-state index < -0.39 is 0 Å². The number of rotatable bonds is 4. The summed E-state index contributed by atoms with van der Waals surface area (Å²) in [5.74, 6) is 1.85. The van der Waals surface area contributed by atoms with Crippen molar-refractivity contribution < 1.29 is 14.3 Å². The molecule has 4 rings (SSSR count). The van der Waals surface area contributed by atoms with Crippen molar-refractivity contribution >= 4 is 5.91 Å². The lowest BCUT2D eigenvalue weighted by Gasteiger charge is -2.23. The second-order valence-corrected chi connectivity index (χ2v) is 7.03. The van der Waals surface area contributed by atoms with E-state index >= 15 is 0 Å². The summed E-state index contributed by atoms with van der Waals surface area (Å²) in [4.78, 5) is 21.1. The predicted molar refractivity (Wildman–Crippen MR) is 102 cm³/mol. The molecule has 0 spiro atoms. The Hall–Kier alpha value is -2.60. The molecule has 0 aliphatic carbocycles.